The third-order valence-electron chi connectivity index (χ3n) is 4.30. The van der Waals surface area contributed by atoms with Crippen molar-refractivity contribution in [2.75, 3.05) is 6.61 Å². The predicted molar refractivity (Wildman–Crippen MR) is 100 cm³/mol. The van der Waals surface area contributed by atoms with Crippen LogP contribution in [0.2, 0.25) is 0 Å². The minimum Gasteiger partial charge on any atom is -0.494 e. The minimum atomic E-state index is 0.789. The van der Waals surface area contributed by atoms with Gasteiger partial charge in [0.15, 0.2) is 0 Å². The van der Waals surface area contributed by atoms with E-state index in [1.165, 1.54) is 37.7 Å². The van der Waals surface area contributed by atoms with Gasteiger partial charge in [-0.1, -0.05) is 55.7 Å². The second kappa shape index (κ2) is 9.07. The van der Waals surface area contributed by atoms with Gasteiger partial charge in [-0.15, -0.1) is 0 Å². The molecule has 0 aliphatic rings. The molecule has 0 spiro atoms. The van der Waals surface area contributed by atoms with Gasteiger partial charge >= 0.3 is 0 Å². The number of unbranched alkanes of at least 4 members (excludes halogenated alkanes) is 4. The minimum absolute atomic E-state index is 0.789. The van der Waals surface area contributed by atoms with E-state index in [9.17, 15) is 0 Å². The molecule has 2 heteroatoms. The van der Waals surface area contributed by atoms with E-state index in [-0.39, 0.29) is 0 Å². The number of aryl methyl sites for hydroxylation is 1. The van der Waals surface area contributed by atoms with Crippen LogP contribution in [-0.2, 0) is 6.42 Å². The molecule has 1 heterocycles. The quantitative estimate of drug-likeness (QED) is 0.464. The zero-order chi connectivity index (χ0) is 16.5. The molecule has 24 heavy (non-hydrogen) atoms. The highest BCUT2D eigenvalue weighted by Crippen LogP contribution is 2.19. The van der Waals surface area contributed by atoms with Crippen LogP contribution in [0.1, 0.15) is 37.7 Å². The standard InChI is InChI=1S/C22H25NO/c1(2-5-10-19-11-6-4-7-12-19)3-8-17-24-21-15-14-20-13-9-16-23-22(20)18-21/h4,6-7,9,11-16,18H,1-3,5,8,10,17H2. The number of aromatic nitrogens is 1. The molecule has 3 rings (SSSR count). The molecule has 0 N–H and O–H groups in total. The summed E-state index contributed by atoms with van der Waals surface area (Å²) in [5.41, 5.74) is 2.45. The molecule has 0 radical (unpaired) electrons. The first kappa shape index (κ1) is 16.5. The van der Waals surface area contributed by atoms with Gasteiger partial charge in [-0.2, -0.15) is 0 Å². The zero-order valence-electron chi connectivity index (χ0n) is 14.2. The molecule has 3 aromatic rings. The Labute approximate surface area is 144 Å². The van der Waals surface area contributed by atoms with Crippen LogP contribution >= 0.6 is 0 Å². The fourth-order valence-electron chi connectivity index (χ4n) is 2.93. The van der Waals surface area contributed by atoms with E-state index in [0.717, 1.165) is 29.7 Å². The van der Waals surface area contributed by atoms with Crippen molar-refractivity contribution in [3.05, 3.63) is 72.4 Å². The monoisotopic (exact) mass is 319 g/mol. The van der Waals surface area contributed by atoms with Gasteiger partial charge in [0.2, 0.25) is 0 Å². The molecule has 0 aliphatic carbocycles. The smallest absolute Gasteiger partial charge is 0.121 e. The summed E-state index contributed by atoms with van der Waals surface area (Å²) < 4.78 is 5.85. The maximum atomic E-state index is 5.85. The second-order valence-corrected chi connectivity index (χ2v) is 6.21. The van der Waals surface area contributed by atoms with Crippen molar-refractivity contribution in [3.8, 4) is 5.75 Å². The third-order valence-corrected chi connectivity index (χ3v) is 4.30. The Morgan fingerprint density at radius 1 is 0.750 bits per heavy atom. The summed E-state index contributed by atoms with van der Waals surface area (Å²) >= 11 is 0. The number of hydrogen-bond donors (Lipinski definition) is 0. The van der Waals surface area contributed by atoms with Gasteiger partial charge in [0.1, 0.15) is 5.75 Å². The van der Waals surface area contributed by atoms with Crippen LogP contribution in [0, 0.1) is 0 Å². The Morgan fingerprint density at radius 3 is 2.50 bits per heavy atom. The number of rotatable bonds is 9. The number of ether oxygens (including phenoxy) is 1. The van der Waals surface area contributed by atoms with Crippen molar-refractivity contribution >= 4 is 10.9 Å². The lowest BCUT2D eigenvalue weighted by atomic mass is 10.1. The summed E-state index contributed by atoms with van der Waals surface area (Å²) in [7, 11) is 0. The summed E-state index contributed by atoms with van der Waals surface area (Å²) in [6.45, 7) is 0.789. The maximum absolute atomic E-state index is 5.85. The number of pyridine rings is 1. The Balaban J connectivity index is 1.28. The van der Waals surface area contributed by atoms with Crippen molar-refractivity contribution in [1.82, 2.24) is 4.98 Å². The van der Waals surface area contributed by atoms with Gasteiger partial charge in [-0.25, -0.2) is 0 Å². The SMILES string of the molecule is c1ccc(CCCCCCCOc2ccc3cccnc3c2)cc1. The molecule has 1 aromatic heterocycles. The summed E-state index contributed by atoms with van der Waals surface area (Å²) in [5.74, 6) is 0.922. The molecular formula is C22H25NO. The van der Waals surface area contributed by atoms with E-state index in [1.807, 2.05) is 24.4 Å². The zero-order valence-corrected chi connectivity index (χ0v) is 14.2. The third kappa shape index (κ3) is 5.09. The van der Waals surface area contributed by atoms with E-state index >= 15 is 0 Å². The van der Waals surface area contributed by atoms with Crippen molar-refractivity contribution in [2.24, 2.45) is 0 Å². The second-order valence-electron chi connectivity index (χ2n) is 6.21. The van der Waals surface area contributed by atoms with Crippen LogP contribution < -0.4 is 4.74 Å². The number of hydrogen-bond acceptors (Lipinski definition) is 2. The molecule has 124 valence electrons. The maximum Gasteiger partial charge on any atom is 0.121 e. The lowest BCUT2D eigenvalue weighted by molar-refractivity contribution is 0.305. The molecular weight excluding hydrogens is 294 g/mol. The van der Waals surface area contributed by atoms with E-state index in [2.05, 4.69) is 47.4 Å². The van der Waals surface area contributed by atoms with Crippen molar-refractivity contribution in [2.45, 2.75) is 38.5 Å². The lowest BCUT2D eigenvalue weighted by Gasteiger charge is -2.07. The largest absolute Gasteiger partial charge is 0.494 e. The Kier molecular flexibility index (Phi) is 6.24. The van der Waals surface area contributed by atoms with Crippen LogP contribution in [0.15, 0.2) is 66.9 Å². The van der Waals surface area contributed by atoms with Gasteiger partial charge < -0.3 is 4.74 Å². The highest BCUT2D eigenvalue weighted by atomic mass is 16.5. The van der Waals surface area contributed by atoms with Crippen LogP contribution in [0.5, 0.6) is 5.75 Å². The molecule has 0 saturated heterocycles. The van der Waals surface area contributed by atoms with E-state index in [1.54, 1.807) is 0 Å². The van der Waals surface area contributed by atoms with Crippen LogP contribution in [0.4, 0.5) is 0 Å². The average molecular weight is 319 g/mol. The van der Waals surface area contributed by atoms with E-state index < -0.39 is 0 Å². The number of nitrogens with zero attached hydrogens (tertiary/aromatic N) is 1. The Hall–Kier alpha value is -2.35. The van der Waals surface area contributed by atoms with Crippen LogP contribution in [0.3, 0.4) is 0 Å². The van der Waals surface area contributed by atoms with Gasteiger partial charge in [0.25, 0.3) is 0 Å². The number of fused-ring (bicyclic) bond motifs is 1. The first-order valence-corrected chi connectivity index (χ1v) is 8.93. The normalized spacial score (nSPS) is 10.8. The van der Waals surface area contributed by atoms with Gasteiger partial charge in [-0.05, 0) is 43.0 Å². The topological polar surface area (TPSA) is 22.1 Å². The van der Waals surface area contributed by atoms with E-state index in [4.69, 9.17) is 4.74 Å². The van der Waals surface area contributed by atoms with Crippen LogP contribution in [0.25, 0.3) is 10.9 Å². The lowest BCUT2D eigenvalue weighted by Crippen LogP contribution is -1.97. The van der Waals surface area contributed by atoms with Crippen molar-refractivity contribution in [3.63, 3.8) is 0 Å². The highest BCUT2D eigenvalue weighted by Gasteiger charge is 1.98. The molecule has 2 aromatic carbocycles. The average Bonchev–Trinajstić information content (AvgIpc) is 2.64. The first-order chi connectivity index (χ1) is 11.9. The van der Waals surface area contributed by atoms with E-state index in [0.29, 0.717) is 0 Å². The van der Waals surface area contributed by atoms with Crippen molar-refractivity contribution < 1.29 is 4.74 Å². The predicted octanol–water partition coefficient (Wildman–Crippen LogP) is 5.81. The molecule has 0 atom stereocenters. The van der Waals surface area contributed by atoms with Crippen LogP contribution in [-0.4, -0.2) is 11.6 Å². The van der Waals surface area contributed by atoms with Crippen molar-refractivity contribution in [1.29, 1.82) is 0 Å². The summed E-state index contributed by atoms with van der Waals surface area (Å²) in [4.78, 5) is 4.36. The highest BCUT2D eigenvalue weighted by molar-refractivity contribution is 5.79. The molecule has 0 aliphatic heterocycles. The molecule has 0 saturated carbocycles. The van der Waals surface area contributed by atoms with Gasteiger partial charge in [-0.3, -0.25) is 4.98 Å². The molecule has 2 nitrogen and oxygen atoms in total. The Morgan fingerprint density at radius 2 is 1.58 bits per heavy atom. The molecule has 0 amide bonds. The first-order valence-electron chi connectivity index (χ1n) is 8.93. The summed E-state index contributed by atoms with van der Waals surface area (Å²) in [5, 5.41) is 1.16. The van der Waals surface area contributed by atoms with Gasteiger partial charge in [0.05, 0.1) is 12.1 Å². The molecule has 0 bridgehead atoms. The Bertz CT molecular complexity index is 739. The van der Waals surface area contributed by atoms with Gasteiger partial charge in [0, 0.05) is 17.6 Å². The fourth-order valence-corrected chi connectivity index (χ4v) is 2.93. The molecule has 0 fully saturated rings. The summed E-state index contributed by atoms with van der Waals surface area (Å²) in [6.07, 6.45) is 9.24. The summed E-state index contributed by atoms with van der Waals surface area (Å²) in [6, 6.07) is 20.9. The number of benzene rings is 2. The fraction of sp³-hybridized carbons (Fsp3) is 0.318. The molecule has 0 unspecified atom stereocenters.